The van der Waals surface area contributed by atoms with Gasteiger partial charge in [-0.1, -0.05) is 24.6 Å². The number of nitrogens with zero attached hydrogens (tertiary/aromatic N) is 1. The van der Waals surface area contributed by atoms with E-state index >= 15 is 0 Å². The molecule has 0 spiro atoms. The van der Waals surface area contributed by atoms with Crippen molar-refractivity contribution >= 4 is 10.9 Å². The number of benzene rings is 1. The van der Waals surface area contributed by atoms with Gasteiger partial charge in [0.1, 0.15) is 0 Å². The second-order valence-corrected chi connectivity index (χ2v) is 5.45. The van der Waals surface area contributed by atoms with E-state index in [0.29, 0.717) is 0 Å². The van der Waals surface area contributed by atoms with Gasteiger partial charge in [0.05, 0.1) is 0 Å². The van der Waals surface area contributed by atoms with E-state index < -0.39 is 0 Å². The lowest BCUT2D eigenvalue weighted by molar-refractivity contribution is 0.126. The third kappa shape index (κ3) is 1.44. The van der Waals surface area contributed by atoms with Gasteiger partial charge < -0.3 is 4.98 Å². The number of rotatable bonds is 0. The molecular weight excluding hydrogens is 208 g/mol. The smallest absolute Gasteiger partial charge is 0.0459 e. The topological polar surface area (TPSA) is 19.0 Å². The molecule has 4 rings (SSSR count). The highest BCUT2D eigenvalue weighted by molar-refractivity contribution is 5.84. The minimum absolute atomic E-state index is 0.801. The highest BCUT2D eigenvalue weighted by atomic mass is 15.2. The minimum atomic E-state index is 0.801. The molecule has 1 N–H and O–H groups in total. The van der Waals surface area contributed by atoms with E-state index in [4.69, 9.17) is 0 Å². The summed E-state index contributed by atoms with van der Waals surface area (Å²) in [6.45, 7) is 2.42. The first kappa shape index (κ1) is 9.72. The molecule has 88 valence electrons. The van der Waals surface area contributed by atoms with Crippen molar-refractivity contribution in [3.63, 3.8) is 0 Å². The number of piperidine rings is 1. The van der Waals surface area contributed by atoms with Crippen molar-refractivity contribution in [2.75, 3.05) is 6.54 Å². The maximum atomic E-state index is 3.61. The van der Waals surface area contributed by atoms with E-state index in [0.717, 1.165) is 12.6 Å². The fraction of sp³-hybridized carbons (Fsp3) is 0.467. The predicted molar refractivity (Wildman–Crippen MR) is 70.1 cm³/mol. The van der Waals surface area contributed by atoms with Gasteiger partial charge in [0.15, 0.2) is 0 Å². The maximum Gasteiger partial charge on any atom is 0.0459 e. The average molecular weight is 226 g/mol. The summed E-state index contributed by atoms with van der Waals surface area (Å²) in [4.78, 5) is 6.28. The highest BCUT2D eigenvalue weighted by Gasteiger charge is 2.30. The van der Waals surface area contributed by atoms with Gasteiger partial charge in [-0.3, -0.25) is 4.90 Å². The third-order valence-corrected chi connectivity index (χ3v) is 4.45. The molecule has 0 radical (unpaired) electrons. The summed E-state index contributed by atoms with van der Waals surface area (Å²) in [7, 11) is 0. The lowest BCUT2D eigenvalue weighted by Gasteiger charge is -2.39. The Balaban J connectivity index is 1.83. The van der Waals surface area contributed by atoms with Crippen molar-refractivity contribution < 1.29 is 0 Å². The van der Waals surface area contributed by atoms with Crippen LogP contribution in [0.3, 0.4) is 0 Å². The van der Waals surface area contributed by atoms with Crippen LogP contribution >= 0.6 is 0 Å². The molecule has 2 aliphatic rings. The number of fused-ring (bicyclic) bond motifs is 4. The first-order valence-electron chi connectivity index (χ1n) is 6.74. The lowest BCUT2D eigenvalue weighted by atomic mass is 9.90. The molecule has 1 atom stereocenters. The van der Waals surface area contributed by atoms with Crippen LogP contribution in [0.15, 0.2) is 24.3 Å². The van der Waals surface area contributed by atoms with E-state index in [-0.39, 0.29) is 0 Å². The van der Waals surface area contributed by atoms with Crippen LogP contribution in [0.5, 0.6) is 0 Å². The second kappa shape index (κ2) is 3.61. The van der Waals surface area contributed by atoms with Crippen LogP contribution in [0.2, 0.25) is 0 Å². The van der Waals surface area contributed by atoms with Gasteiger partial charge in [-0.15, -0.1) is 0 Å². The molecule has 1 unspecified atom stereocenters. The van der Waals surface area contributed by atoms with Gasteiger partial charge in [0, 0.05) is 29.2 Å². The van der Waals surface area contributed by atoms with E-state index in [1.165, 1.54) is 48.8 Å². The zero-order valence-corrected chi connectivity index (χ0v) is 10.1. The Hall–Kier alpha value is -1.28. The summed E-state index contributed by atoms with van der Waals surface area (Å²) in [5.74, 6) is 0. The molecule has 0 bridgehead atoms. The summed E-state index contributed by atoms with van der Waals surface area (Å²) in [6, 6.07) is 9.55. The van der Waals surface area contributed by atoms with E-state index in [2.05, 4.69) is 34.1 Å². The number of aromatic amines is 1. The molecule has 1 fully saturated rings. The normalized spacial score (nSPS) is 24.6. The zero-order valence-electron chi connectivity index (χ0n) is 10.1. The SMILES string of the molecule is c1ccc2c3c([nH]c2c1)CN1CCCCC1C3. The molecule has 2 heteroatoms. The number of para-hydroxylation sites is 1. The molecule has 1 saturated heterocycles. The minimum Gasteiger partial charge on any atom is -0.357 e. The van der Waals surface area contributed by atoms with Crippen LogP contribution in [-0.2, 0) is 13.0 Å². The summed E-state index contributed by atoms with van der Waals surface area (Å²) < 4.78 is 0. The molecule has 0 amide bonds. The number of aromatic nitrogens is 1. The summed E-state index contributed by atoms with van der Waals surface area (Å²) in [5, 5.41) is 1.45. The number of nitrogens with one attached hydrogen (secondary N) is 1. The summed E-state index contributed by atoms with van der Waals surface area (Å²) in [6.07, 6.45) is 5.43. The Bertz CT molecular complexity index is 555. The molecule has 2 nitrogen and oxygen atoms in total. The van der Waals surface area contributed by atoms with Gasteiger partial charge in [0.2, 0.25) is 0 Å². The Morgan fingerprint density at radius 2 is 2.12 bits per heavy atom. The van der Waals surface area contributed by atoms with Crippen molar-refractivity contribution in [2.45, 2.75) is 38.3 Å². The quantitative estimate of drug-likeness (QED) is 0.731. The Kier molecular flexibility index (Phi) is 2.06. The lowest BCUT2D eigenvalue weighted by Crippen LogP contribution is -2.43. The van der Waals surface area contributed by atoms with Gasteiger partial charge in [-0.05, 0) is 37.4 Å². The van der Waals surface area contributed by atoms with Crippen LogP contribution in [0.4, 0.5) is 0 Å². The van der Waals surface area contributed by atoms with Crippen LogP contribution in [0.25, 0.3) is 10.9 Å². The first-order chi connectivity index (χ1) is 8.42. The van der Waals surface area contributed by atoms with Gasteiger partial charge in [-0.2, -0.15) is 0 Å². The fourth-order valence-electron chi connectivity index (χ4n) is 3.56. The van der Waals surface area contributed by atoms with Crippen LogP contribution in [-0.4, -0.2) is 22.5 Å². The van der Waals surface area contributed by atoms with Crippen LogP contribution in [0.1, 0.15) is 30.5 Å². The Labute approximate surface area is 102 Å². The monoisotopic (exact) mass is 226 g/mol. The first-order valence-corrected chi connectivity index (χ1v) is 6.74. The standard InChI is InChI=1S/C15H18N2/c1-2-7-14-12(6-1)13-9-11-5-3-4-8-17(11)10-15(13)16-14/h1-2,6-7,11,16H,3-5,8-10H2. The Morgan fingerprint density at radius 1 is 1.18 bits per heavy atom. The molecule has 0 saturated carbocycles. The molecular formula is C15H18N2. The molecule has 1 aromatic carbocycles. The summed E-state index contributed by atoms with van der Waals surface area (Å²) in [5.41, 5.74) is 4.37. The van der Waals surface area contributed by atoms with Crippen molar-refractivity contribution in [3.8, 4) is 0 Å². The number of hydrogen-bond acceptors (Lipinski definition) is 1. The molecule has 0 aliphatic carbocycles. The zero-order chi connectivity index (χ0) is 11.2. The molecule has 3 heterocycles. The van der Waals surface area contributed by atoms with Crippen molar-refractivity contribution in [1.29, 1.82) is 0 Å². The predicted octanol–water partition coefficient (Wildman–Crippen LogP) is 3.08. The fourth-order valence-corrected chi connectivity index (χ4v) is 3.56. The highest BCUT2D eigenvalue weighted by Crippen LogP contribution is 2.33. The average Bonchev–Trinajstić information content (AvgIpc) is 2.73. The van der Waals surface area contributed by atoms with Crippen LogP contribution < -0.4 is 0 Å². The molecule has 2 aliphatic heterocycles. The van der Waals surface area contributed by atoms with E-state index in [1.807, 2.05) is 0 Å². The second-order valence-electron chi connectivity index (χ2n) is 5.45. The number of H-pyrrole nitrogens is 1. The maximum absolute atomic E-state index is 3.61. The van der Waals surface area contributed by atoms with Gasteiger partial charge in [0.25, 0.3) is 0 Å². The van der Waals surface area contributed by atoms with Crippen LogP contribution in [0, 0.1) is 0 Å². The Morgan fingerprint density at radius 3 is 3.12 bits per heavy atom. The van der Waals surface area contributed by atoms with E-state index in [9.17, 15) is 0 Å². The van der Waals surface area contributed by atoms with Gasteiger partial charge in [-0.25, -0.2) is 0 Å². The van der Waals surface area contributed by atoms with E-state index in [1.54, 1.807) is 5.56 Å². The summed E-state index contributed by atoms with van der Waals surface area (Å²) >= 11 is 0. The van der Waals surface area contributed by atoms with Crippen molar-refractivity contribution in [2.24, 2.45) is 0 Å². The largest absolute Gasteiger partial charge is 0.357 e. The van der Waals surface area contributed by atoms with Gasteiger partial charge >= 0.3 is 0 Å². The molecule has 1 aromatic heterocycles. The van der Waals surface area contributed by atoms with Crippen molar-refractivity contribution in [1.82, 2.24) is 9.88 Å². The molecule has 17 heavy (non-hydrogen) atoms. The van der Waals surface area contributed by atoms with Crippen molar-refractivity contribution in [3.05, 3.63) is 35.5 Å². The molecule has 2 aromatic rings. The number of hydrogen-bond donors (Lipinski definition) is 1. The third-order valence-electron chi connectivity index (χ3n) is 4.45.